The number of pyridine rings is 1. The monoisotopic (exact) mass is 494 g/mol. The van der Waals surface area contributed by atoms with E-state index in [0.717, 1.165) is 36.7 Å². The molecule has 35 heavy (non-hydrogen) atoms. The predicted octanol–water partition coefficient (Wildman–Crippen LogP) is 2.07. The van der Waals surface area contributed by atoms with Crippen LogP contribution in [0.3, 0.4) is 0 Å². The number of nitrogens with zero attached hydrogens (tertiary/aromatic N) is 6. The number of ether oxygens (including phenoxy) is 1. The Labute approximate surface area is 209 Å². The number of hydrogen-bond donors (Lipinski definition) is 2. The summed E-state index contributed by atoms with van der Waals surface area (Å²) in [6.45, 7) is 8.61. The number of carbonyl (C=O) groups is 1. The van der Waals surface area contributed by atoms with Gasteiger partial charge in [0, 0.05) is 58.4 Å². The summed E-state index contributed by atoms with van der Waals surface area (Å²) in [6, 6.07) is 4.04. The Hall–Kier alpha value is -3.28. The van der Waals surface area contributed by atoms with E-state index in [9.17, 15) is 4.79 Å². The highest BCUT2D eigenvalue weighted by Gasteiger charge is 2.21. The number of nitrogens with one attached hydrogen (secondary N) is 2. The van der Waals surface area contributed by atoms with E-state index < -0.39 is 0 Å². The average molecular weight is 495 g/mol. The third-order valence-electron chi connectivity index (χ3n) is 5.58. The van der Waals surface area contributed by atoms with E-state index in [0.29, 0.717) is 29.8 Å². The highest BCUT2D eigenvalue weighted by atomic mass is 32.2. The fraction of sp³-hybridized carbons (Fsp3) is 0.375. The Morgan fingerprint density at radius 2 is 2.20 bits per heavy atom. The summed E-state index contributed by atoms with van der Waals surface area (Å²) in [5.41, 5.74) is 4.81. The second-order valence-corrected chi connectivity index (χ2v) is 9.20. The van der Waals surface area contributed by atoms with Crippen LogP contribution >= 0.6 is 11.8 Å². The molecular weight excluding hydrogens is 464 g/mol. The van der Waals surface area contributed by atoms with Crippen molar-refractivity contribution >= 4 is 40.6 Å². The molecule has 1 saturated heterocycles. The molecule has 0 spiro atoms. The molecule has 1 aromatic heterocycles. The van der Waals surface area contributed by atoms with Crippen LogP contribution in [-0.4, -0.2) is 84.2 Å². The lowest BCUT2D eigenvalue weighted by Crippen LogP contribution is -2.49. The minimum Gasteiger partial charge on any atom is -0.375 e. The average Bonchev–Trinajstić information content (AvgIpc) is 2.95. The molecule has 4 heterocycles. The number of amidine groups is 1. The molecule has 0 aromatic carbocycles. The number of hydrogen-bond acceptors (Lipinski definition) is 10. The first-order valence-corrected chi connectivity index (χ1v) is 12.2. The minimum atomic E-state index is -0.00216. The van der Waals surface area contributed by atoms with Crippen LogP contribution in [0.25, 0.3) is 0 Å². The largest absolute Gasteiger partial charge is 0.375 e. The number of amides is 1. The predicted molar refractivity (Wildman–Crippen MR) is 141 cm³/mol. The summed E-state index contributed by atoms with van der Waals surface area (Å²) in [5, 5.41) is 8.73. The van der Waals surface area contributed by atoms with E-state index in [-0.39, 0.29) is 18.4 Å². The highest BCUT2D eigenvalue weighted by molar-refractivity contribution is 8.17. The Balaban J connectivity index is 1.34. The summed E-state index contributed by atoms with van der Waals surface area (Å²) >= 11 is 1.38. The van der Waals surface area contributed by atoms with E-state index in [1.165, 1.54) is 11.8 Å². The number of hydrazone groups is 1. The molecule has 1 aromatic rings. The van der Waals surface area contributed by atoms with Crippen molar-refractivity contribution in [2.24, 2.45) is 21.0 Å². The number of rotatable bonds is 6. The quantitative estimate of drug-likeness (QED) is 0.624. The van der Waals surface area contributed by atoms with Crippen LogP contribution in [0.2, 0.25) is 0 Å². The Bertz CT molecular complexity index is 1060. The molecule has 11 heteroatoms. The molecule has 3 aliphatic rings. The second-order valence-electron chi connectivity index (χ2n) is 8.14. The van der Waals surface area contributed by atoms with Gasteiger partial charge in [-0.3, -0.25) is 20.1 Å². The van der Waals surface area contributed by atoms with Crippen LogP contribution in [0.4, 0.5) is 5.82 Å². The maximum Gasteiger partial charge on any atom is 0.248 e. The number of carbonyl (C=O) groups excluding carboxylic acids is 1. The summed E-state index contributed by atoms with van der Waals surface area (Å²) < 4.78 is 4.96. The highest BCUT2D eigenvalue weighted by Crippen LogP contribution is 2.22. The molecule has 1 unspecified atom stereocenters. The zero-order valence-electron chi connectivity index (χ0n) is 19.8. The Morgan fingerprint density at radius 1 is 1.34 bits per heavy atom. The van der Waals surface area contributed by atoms with Crippen LogP contribution in [0.1, 0.15) is 5.56 Å². The van der Waals surface area contributed by atoms with Gasteiger partial charge in [-0.25, -0.2) is 9.98 Å². The minimum absolute atomic E-state index is 0.00216. The van der Waals surface area contributed by atoms with Crippen molar-refractivity contribution in [3.05, 3.63) is 59.9 Å². The number of aromatic nitrogens is 1. The fourth-order valence-electron chi connectivity index (χ4n) is 3.82. The summed E-state index contributed by atoms with van der Waals surface area (Å²) in [6.07, 6.45) is 11.3. The molecule has 0 bridgehead atoms. The number of allylic oxidation sites excluding steroid dienone is 2. The first kappa shape index (κ1) is 24.8. The van der Waals surface area contributed by atoms with E-state index in [1.54, 1.807) is 19.5 Å². The lowest BCUT2D eigenvalue weighted by atomic mass is 10.0. The van der Waals surface area contributed by atoms with E-state index in [4.69, 9.17) is 4.74 Å². The van der Waals surface area contributed by atoms with Crippen LogP contribution in [0.15, 0.2) is 69.5 Å². The molecule has 0 saturated carbocycles. The lowest BCUT2D eigenvalue weighted by molar-refractivity contribution is -0.136. The SMILES string of the molecule is C=C1/N=C(C2C=CNN=C2)\C=C/C/N=C(/Nc2cc(CN3CCN(C(=O)COC)CC3)ccn2)S1. The van der Waals surface area contributed by atoms with Crippen LogP contribution in [0, 0.1) is 5.92 Å². The van der Waals surface area contributed by atoms with E-state index >= 15 is 0 Å². The molecule has 4 rings (SSSR count). The molecule has 2 N–H and O–H groups in total. The van der Waals surface area contributed by atoms with Gasteiger partial charge < -0.3 is 15.0 Å². The first-order chi connectivity index (χ1) is 17.1. The molecular formula is C24H30N8O2S. The maximum absolute atomic E-state index is 12.0. The molecule has 184 valence electrons. The molecule has 0 radical (unpaired) electrons. The van der Waals surface area contributed by atoms with Crippen LogP contribution < -0.4 is 10.7 Å². The van der Waals surface area contributed by atoms with Gasteiger partial charge in [0.1, 0.15) is 12.4 Å². The zero-order chi connectivity index (χ0) is 24.5. The van der Waals surface area contributed by atoms with Gasteiger partial charge in [-0.15, -0.1) is 0 Å². The molecule has 1 fully saturated rings. The number of methoxy groups -OCH3 is 1. The third-order valence-corrected chi connectivity index (χ3v) is 6.34. The van der Waals surface area contributed by atoms with Crippen molar-refractivity contribution in [2.45, 2.75) is 6.54 Å². The van der Waals surface area contributed by atoms with Crippen molar-refractivity contribution in [3.63, 3.8) is 0 Å². The van der Waals surface area contributed by atoms with Gasteiger partial charge in [-0.2, -0.15) is 5.10 Å². The van der Waals surface area contributed by atoms with Gasteiger partial charge in [-0.1, -0.05) is 18.7 Å². The maximum atomic E-state index is 12.0. The zero-order valence-corrected chi connectivity index (χ0v) is 20.6. The number of thioether (sulfide) groups is 1. The van der Waals surface area contributed by atoms with Gasteiger partial charge in [0.05, 0.1) is 23.2 Å². The molecule has 0 aliphatic carbocycles. The number of aliphatic imine (C=N–C) groups is 2. The Morgan fingerprint density at radius 3 is 2.97 bits per heavy atom. The van der Waals surface area contributed by atoms with Crippen molar-refractivity contribution in [2.75, 3.05) is 51.8 Å². The summed E-state index contributed by atoms with van der Waals surface area (Å²) in [4.78, 5) is 30.0. The standard InChI is InChI=1S/C24H30N8O2S/c1-18-29-21(20-6-9-27-28-15-20)4-3-7-26-24(35-18)30-22-14-19(5-8-25-22)16-31-10-12-32(13-11-31)23(33)17-34-2/h3-6,8-9,14-15,20,27H,1,7,10-13,16-17H2,2H3,(H,25,26,30)/b4-3-,29-21+. The van der Waals surface area contributed by atoms with Crippen LogP contribution in [-0.2, 0) is 16.1 Å². The van der Waals surface area contributed by atoms with Gasteiger partial charge in [0.25, 0.3) is 0 Å². The lowest BCUT2D eigenvalue weighted by Gasteiger charge is -2.34. The fourth-order valence-corrected chi connectivity index (χ4v) is 4.49. The normalized spacial score (nSPS) is 24.8. The van der Waals surface area contributed by atoms with Crippen molar-refractivity contribution in [1.29, 1.82) is 0 Å². The Kier molecular flexibility index (Phi) is 8.82. The number of piperazine rings is 1. The van der Waals surface area contributed by atoms with Crippen molar-refractivity contribution < 1.29 is 9.53 Å². The summed E-state index contributed by atoms with van der Waals surface area (Å²) in [5.74, 6) is 0.762. The summed E-state index contributed by atoms with van der Waals surface area (Å²) in [7, 11) is 1.55. The van der Waals surface area contributed by atoms with Crippen LogP contribution in [0.5, 0.6) is 0 Å². The number of anilines is 1. The van der Waals surface area contributed by atoms with Gasteiger partial charge >= 0.3 is 0 Å². The van der Waals surface area contributed by atoms with Gasteiger partial charge in [-0.05, 0) is 35.5 Å². The topological polar surface area (TPSA) is 107 Å². The smallest absolute Gasteiger partial charge is 0.248 e. The molecule has 1 atom stereocenters. The first-order valence-electron chi connectivity index (χ1n) is 11.4. The molecule has 3 aliphatic heterocycles. The third kappa shape index (κ3) is 7.35. The van der Waals surface area contributed by atoms with E-state index in [2.05, 4.69) is 42.3 Å². The van der Waals surface area contributed by atoms with Gasteiger partial charge in [0.15, 0.2) is 5.17 Å². The van der Waals surface area contributed by atoms with Gasteiger partial charge in [0.2, 0.25) is 5.91 Å². The van der Waals surface area contributed by atoms with Crippen molar-refractivity contribution in [3.8, 4) is 0 Å². The second kappa shape index (κ2) is 12.4. The molecule has 10 nitrogen and oxygen atoms in total. The van der Waals surface area contributed by atoms with Crippen molar-refractivity contribution in [1.82, 2.24) is 20.2 Å². The molecule has 1 amide bonds. The van der Waals surface area contributed by atoms with E-state index in [1.807, 2.05) is 41.5 Å².